The van der Waals surface area contributed by atoms with Crippen molar-refractivity contribution >= 4 is 23.4 Å². The number of thioether (sulfide) groups is 1. The summed E-state index contributed by atoms with van der Waals surface area (Å²) in [6.07, 6.45) is 0. The van der Waals surface area contributed by atoms with Crippen LogP contribution in [0.4, 0.5) is 5.69 Å². The standard InChI is InChI=1S/C14H16N4OS/c1-9-7-11(5-6-12(9)15)20-8-10-3-2-4-13(17-10)14(19)18-16/h2-7H,8,15-16H2,1H3,(H,18,19). The Balaban J connectivity index is 2.07. The fourth-order valence-electron chi connectivity index (χ4n) is 1.66. The number of nitrogens with two attached hydrogens (primary N) is 2. The number of aryl methyl sites for hydroxylation is 1. The third kappa shape index (κ3) is 3.49. The molecular formula is C14H16N4OS. The highest BCUT2D eigenvalue weighted by Crippen LogP contribution is 2.25. The van der Waals surface area contributed by atoms with Crippen molar-refractivity contribution in [2.75, 3.05) is 5.73 Å². The molecule has 1 aromatic heterocycles. The van der Waals surface area contributed by atoms with Gasteiger partial charge in [0, 0.05) is 16.3 Å². The zero-order valence-electron chi connectivity index (χ0n) is 11.1. The summed E-state index contributed by atoms with van der Waals surface area (Å²) < 4.78 is 0. The maximum atomic E-state index is 11.4. The van der Waals surface area contributed by atoms with Crippen molar-refractivity contribution in [1.82, 2.24) is 10.4 Å². The number of hydrazine groups is 1. The van der Waals surface area contributed by atoms with Gasteiger partial charge < -0.3 is 5.73 Å². The molecule has 5 N–H and O–H groups in total. The van der Waals surface area contributed by atoms with Crippen molar-refractivity contribution in [3.63, 3.8) is 0 Å². The van der Waals surface area contributed by atoms with Crippen molar-refractivity contribution in [2.45, 2.75) is 17.6 Å². The van der Waals surface area contributed by atoms with E-state index in [1.807, 2.05) is 31.2 Å². The predicted molar refractivity (Wildman–Crippen MR) is 81.0 cm³/mol. The van der Waals surface area contributed by atoms with Gasteiger partial charge in [-0.25, -0.2) is 10.8 Å². The summed E-state index contributed by atoms with van der Waals surface area (Å²) in [6, 6.07) is 11.2. The van der Waals surface area contributed by atoms with Gasteiger partial charge in [-0.1, -0.05) is 6.07 Å². The quantitative estimate of drug-likeness (QED) is 0.262. The maximum Gasteiger partial charge on any atom is 0.283 e. The molecule has 0 spiro atoms. The Hall–Kier alpha value is -2.05. The number of pyridine rings is 1. The molecule has 0 saturated heterocycles. The van der Waals surface area contributed by atoms with Crippen LogP contribution in [0.1, 0.15) is 21.7 Å². The van der Waals surface area contributed by atoms with Gasteiger partial charge in [0.15, 0.2) is 0 Å². The summed E-state index contributed by atoms with van der Waals surface area (Å²) in [5.41, 5.74) is 10.8. The smallest absolute Gasteiger partial charge is 0.283 e. The van der Waals surface area contributed by atoms with Gasteiger partial charge >= 0.3 is 0 Å². The molecule has 0 fully saturated rings. The van der Waals surface area contributed by atoms with Crippen molar-refractivity contribution in [2.24, 2.45) is 5.84 Å². The van der Waals surface area contributed by atoms with Crippen LogP contribution in [-0.4, -0.2) is 10.9 Å². The van der Waals surface area contributed by atoms with E-state index in [0.29, 0.717) is 11.4 Å². The Kier molecular flexibility index (Phi) is 4.60. The van der Waals surface area contributed by atoms with E-state index in [9.17, 15) is 4.79 Å². The van der Waals surface area contributed by atoms with Gasteiger partial charge in [0.05, 0.1) is 5.69 Å². The molecule has 1 aromatic carbocycles. The van der Waals surface area contributed by atoms with Crippen LogP contribution in [0, 0.1) is 6.92 Å². The number of carbonyl (C=O) groups is 1. The van der Waals surface area contributed by atoms with Crippen LogP contribution in [-0.2, 0) is 5.75 Å². The topological polar surface area (TPSA) is 94.0 Å². The Morgan fingerprint density at radius 3 is 2.85 bits per heavy atom. The molecule has 0 aliphatic carbocycles. The summed E-state index contributed by atoms with van der Waals surface area (Å²) in [5, 5.41) is 0. The summed E-state index contributed by atoms with van der Waals surface area (Å²) in [7, 11) is 0. The lowest BCUT2D eigenvalue weighted by atomic mass is 10.2. The Labute approximate surface area is 121 Å². The Bertz CT molecular complexity index is 630. The van der Waals surface area contributed by atoms with Crippen LogP contribution >= 0.6 is 11.8 Å². The molecule has 2 aromatic rings. The number of aromatic nitrogens is 1. The first kappa shape index (κ1) is 14.4. The normalized spacial score (nSPS) is 10.3. The largest absolute Gasteiger partial charge is 0.399 e. The number of benzene rings is 1. The molecule has 0 atom stereocenters. The molecule has 20 heavy (non-hydrogen) atoms. The molecular weight excluding hydrogens is 272 g/mol. The van der Waals surface area contributed by atoms with E-state index in [4.69, 9.17) is 11.6 Å². The van der Waals surface area contributed by atoms with Crippen molar-refractivity contribution in [1.29, 1.82) is 0 Å². The molecule has 0 radical (unpaired) electrons. The van der Waals surface area contributed by atoms with Crippen LogP contribution < -0.4 is 17.0 Å². The Morgan fingerprint density at radius 2 is 2.15 bits per heavy atom. The summed E-state index contributed by atoms with van der Waals surface area (Å²) >= 11 is 1.64. The first-order valence-electron chi connectivity index (χ1n) is 6.06. The van der Waals surface area contributed by atoms with Crippen LogP contribution in [0.25, 0.3) is 0 Å². The SMILES string of the molecule is Cc1cc(SCc2cccc(C(=O)NN)n2)ccc1N. The highest BCUT2D eigenvalue weighted by molar-refractivity contribution is 7.98. The summed E-state index contributed by atoms with van der Waals surface area (Å²) in [5.74, 6) is 5.38. The zero-order valence-corrected chi connectivity index (χ0v) is 11.9. The van der Waals surface area contributed by atoms with E-state index in [-0.39, 0.29) is 5.91 Å². The van der Waals surface area contributed by atoms with Gasteiger partial charge in [0.1, 0.15) is 5.69 Å². The van der Waals surface area contributed by atoms with Gasteiger partial charge in [0.2, 0.25) is 0 Å². The van der Waals surface area contributed by atoms with E-state index >= 15 is 0 Å². The van der Waals surface area contributed by atoms with Crippen LogP contribution in [0.5, 0.6) is 0 Å². The van der Waals surface area contributed by atoms with Crippen molar-refractivity contribution < 1.29 is 4.79 Å². The van der Waals surface area contributed by atoms with Gasteiger partial charge in [0.25, 0.3) is 5.91 Å². The average molecular weight is 288 g/mol. The molecule has 0 unspecified atom stereocenters. The minimum absolute atomic E-state index is 0.319. The van der Waals surface area contributed by atoms with Crippen molar-refractivity contribution in [3.05, 3.63) is 53.3 Å². The summed E-state index contributed by atoms with van der Waals surface area (Å²) in [4.78, 5) is 16.8. The number of carbonyl (C=O) groups excluding carboxylic acids is 1. The van der Waals surface area contributed by atoms with Gasteiger partial charge in [-0.3, -0.25) is 10.2 Å². The monoisotopic (exact) mass is 288 g/mol. The highest BCUT2D eigenvalue weighted by Gasteiger charge is 2.06. The van der Waals surface area contributed by atoms with E-state index in [0.717, 1.165) is 21.8 Å². The minimum Gasteiger partial charge on any atom is -0.399 e. The zero-order chi connectivity index (χ0) is 14.5. The van der Waals surface area contributed by atoms with Gasteiger partial charge in [-0.05, 0) is 42.8 Å². The lowest BCUT2D eigenvalue weighted by Crippen LogP contribution is -2.30. The van der Waals surface area contributed by atoms with Crippen LogP contribution in [0.15, 0.2) is 41.3 Å². The number of nitrogens with zero attached hydrogens (tertiary/aromatic N) is 1. The van der Waals surface area contributed by atoms with Gasteiger partial charge in [-0.2, -0.15) is 0 Å². The molecule has 1 heterocycles. The van der Waals surface area contributed by atoms with E-state index in [2.05, 4.69) is 10.4 Å². The predicted octanol–water partition coefficient (Wildman–Crippen LogP) is 1.87. The first-order valence-corrected chi connectivity index (χ1v) is 7.04. The number of amides is 1. The summed E-state index contributed by atoms with van der Waals surface area (Å²) in [6.45, 7) is 1.98. The second-order valence-electron chi connectivity index (χ2n) is 4.29. The molecule has 0 aliphatic heterocycles. The third-order valence-electron chi connectivity index (χ3n) is 2.80. The first-order chi connectivity index (χ1) is 9.60. The molecule has 6 heteroatoms. The van der Waals surface area contributed by atoms with E-state index < -0.39 is 0 Å². The number of rotatable bonds is 4. The average Bonchev–Trinajstić information content (AvgIpc) is 2.48. The molecule has 5 nitrogen and oxygen atoms in total. The second-order valence-corrected chi connectivity index (χ2v) is 5.34. The molecule has 0 saturated carbocycles. The fourth-order valence-corrected chi connectivity index (χ4v) is 2.56. The molecule has 104 valence electrons. The second kappa shape index (κ2) is 6.40. The minimum atomic E-state index is -0.389. The van der Waals surface area contributed by atoms with Gasteiger partial charge in [-0.15, -0.1) is 11.8 Å². The van der Waals surface area contributed by atoms with Crippen molar-refractivity contribution in [3.8, 4) is 0 Å². The van der Waals surface area contributed by atoms with E-state index in [1.54, 1.807) is 23.9 Å². The van der Waals surface area contributed by atoms with E-state index in [1.165, 1.54) is 0 Å². The lowest BCUT2D eigenvalue weighted by molar-refractivity contribution is 0.0948. The molecule has 2 rings (SSSR count). The highest BCUT2D eigenvalue weighted by atomic mass is 32.2. The number of hydrogen-bond donors (Lipinski definition) is 3. The number of nitrogen functional groups attached to an aromatic ring is 2. The number of nitrogens with one attached hydrogen (secondary N) is 1. The number of anilines is 1. The maximum absolute atomic E-state index is 11.4. The van der Waals surface area contributed by atoms with Crippen LogP contribution in [0.2, 0.25) is 0 Å². The lowest BCUT2D eigenvalue weighted by Gasteiger charge is -2.06. The third-order valence-corrected chi connectivity index (χ3v) is 3.83. The molecule has 1 amide bonds. The number of hydrogen-bond acceptors (Lipinski definition) is 5. The Morgan fingerprint density at radius 1 is 1.35 bits per heavy atom. The molecule has 0 aliphatic rings. The van der Waals surface area contributed by atoms with Crippen LogP contribution in [0.3, 0.4) is 0 Å². The fraction of sp³-hybridized carbons (Fsp3) is 0.143. The molecule has 0 bridgehead atoms.